The van der Waals surface area contributed by atoms with Gasteiger partial charge < -0.3 is 5.32 Å². The number of nitrogens with one attached hydrogen (secondary N) is 1. The summed E-state index contributed by atoms with van der Waals surface area (Å²) < 4.78 is 45.7. The number of halogens is 2. The Kier molecular flexibility index (Phi) is 4.11. The number of fused-ring (bicyclic) bond motifs is 4. The lowest BCUT2D eigenvalue weighted by Gasteiger charge is -2.35. The van der Waals surface area contributed by atoms with E-state index in [1.165, 1.54) is 34.7 Å². The second-order valence-electron chi connectivity index (χ2n) is 8.77. The van der Waals surface area contributed by atoms with E-state index >= 15 is 4.39 Å². The molecule has 1 aliphatic heterocycles. The third kappa shape index (κ3) is 2.78. The van der Waals surface area contributed by atoms with E-state index in [0.717, 1.165) is 5.56 Å². The molecule has 7 nitrogen and oxygen atoms in total. The van der Waals surface area contributed by atoms with Crippen LogP contribution < -0.4 is 5.32 Å². The number of rotatable bonds is 2. The Hall–Kier alpha value is -3.27. The van der Waals surface area contributed by atoms with Crippen molar-refractivity contribution in [1.29, 1.82) is 0 Å². The van der Waals surface area contributed by atoms with Gasteiger partial charge in [-0.05, 0) is 62.4 Å². The van der Waals surface area contributed by atoms with Crippen molar-refractivity contribution >= 4 is 32.2 Å². The molecule has 5 rings (SSSR count). The van der Waals surface area contributed by atoms with Gasteiger partial charge in [0.25, 0.3) is 0 Å². The van der Waals surface area contributed by atoms with E-state index in [1.54, 1.807) is 0 Å². The molecule has 0 aliphatic carbocycles. The molecule has 166 valence electrons. The number of nitrogens with zero attached hydrogens (tertiary/aromatic N) is 5. The molecule has 0 spiro atoms. The molecule has 1 N–H and O–H groups in total. The quantitative estimate of drug-likeness (QED) is 0.462. The Balaban J connectivity index is 1.86. The lowest BCUT2D eigenvalue weighted by molar-refractivity contribution is 0.521. The van der Waals surface area contributed by atoms with E-state index < -0.39 is 26.9 Å². The molecule has 0 saturated carbocycles. The molecular weight excluding hydrogens is 434 g/mol. The second kappa shape index (κ2) is 6.38. The highest BCUT2D eigenvalue weighted by Gasteiger charge is 2.37. The van der Waals surface area contributed by atoms with Crippen molar-refractivity contribution in [3.8, 4) is 16.8 Å². The molecule has 0 radical (unpaired) electrons. The SMILES string of the molecule is C=S(C)(=O)n1ncc2c(-c3cc(F)c4c(c3C)-n3c(C)nnc3C(C)(C)N4)cc(F)cc21. The van der Waals surface area contributed by atoms with E-state index in [2.05, 4.69) is 26.5 Å². The van der Waals surface area contributed by atoms with Crippen molar-refractivity contribution in [1.82, 2.24) is 24.0 Å². The van der Waals surface area contributed by atoms with Crippen molar-refractivity contribution in [2.45, 2.75) is 33.2 Å². The number of hydrogen-bond donors (Lipinski definition) is 1. The summed E-state index contributed by atoms with van der Waals surface area (Å²) in [6.45, 7) is 7.47. The largest absolute Gasteiger partial charge is 0.369 e. The molecule has 10 heteroatoms. The van der Waals surface area contributed by atoms with E-state index in [0.29, 0.717) is 45.1 Å². The Bertz CT molecular complexity index is 1550. The number of hydrogen-bond acceptors (Lipinski definition) is 5. The molecule has 0 bridgehead atoms. The normalized spacial score (nSPS) is 16.3. The molecule has 2 aromatic carbocycles. The molecule has 1 atom stereocenters. The van der Waals surface area contributed by atoms with Gasteiger partial charge in [-0.25, -0.2) is 13.0 Å². The van der Waals surface area contributed by atoms with Crippen LogP contribution in [0.2, 0.25) is 0 Å². The maximum absolute atomic E-state index is 15.5. The maximum atomic E-state index is 15.5. The summed E-state index contributed by atoms with van der Waals surface area (Å²) in [5.74, 6) is 3.90. The Morgan fingerprint density at radius 3 is 2.53 bits per heavy atom. The van der Waals surface area contributed by atoms with Gasteiger partial charge in [-0.2, -0.15) is 9.19 Å². The highest BCUT2D eigenvalue weighted by molar-refractivity contribution is 7.98. The van der Waals surface area contributed by atoms with Crippen LogP contribution in [-0.4, -0.2) is 40.3 Å². The zero-order chi connectivity index (χ0) is 23.2. The summed E-state index contributed by atoms with van der Waals surface area (Å²) in [4.78, 5) is 0. The summed E-state index contributed by atoms with van der Waals surface area (Å²) in [7, 11) is -2.75. The summed E-state index contributed by atoms with van der Waals surface area (Å²) in [6, 6.07) is 3.99. The van der Waals surface area contributed by atoms with Crippen molar-refractivity contribution in [2.75, 3.05) is 11.6 Å². The Labute approximate surface area is 184 Å². The predicted molar refractivity (Wildman–Crippen MR) is 123 cm³/mol. The van der Waals surface area contributed by atoms with Crippen molar-refractivity contribution in [3.63, 3.8) is 0 Å². The first kappa shape index (κ1) is 20.6. The van der Waals surface area contributed by atoms with Crippen LogP contribution in [0.4, 0.5) is 14.5 Å². The molecule has 1 aliphatic rings. The molecule has 3 heterocycles. The minimum Gasteiger partial charge on any atom is -0.369 e. The minimum atomic E-state index is -2.75. The zero-order valence-corrected chi connectivity index (χ0v) is 19.1. The molecular formula is C22H22F2N6OS. The van der Waals surface area contributed by atoms with Gasteiger partial charge in [0.2, 0.25) is 0 Å². The first-order chi connectivity index (χ1) is 14.9. The average molecular weight is 457 g/mol. The summed E-state index contributed by atoms with van der Waals surface area (Å²) in [5, 5.41) is 16.4. The fourth-order valence-electron chi connectivity index (χ4n) is 4.42. The fourth-order valence-corrected chi connectivity index (χ4v) is 5.23. The van der Waals surface area contributed by atoms with Crippen LogP contribution in [0.3, 0.4) is 0 Å². The Morgan fingerprint density at radius 2 is 1.84 bits per heavy atom. The topological polar surface area (TPSA) is 77.6 Å². The van der Waals surface area contributed by atoms with Crippen LogP contribution >= 0.6 is 0 Å². The molecule has 2 aromatic heterocycles. The molecule has 1 unspecified atom stereocenters. The van der Waals surface area contributed by atoms with Gasteiger partial charge in [-0.3, -0.25) is 4.57 Å². The summed E-state index contributed by atoms with van der Waals surface area (Å²) in [6.07, 6.45) is 2.93. The highest BCUT2D eigenvalue weighted by Crippen LogP contribution is 2.44. The highest BCUT2D eigenvalue weighted by atomic mass is 32.2. The number of aryl methyl sites for hydroxylation is 1. The van der Waals surface area contributed by atoms with E-state index in [1.807, 2.05) is 32.3 Å². The van der Waals surface area contributed by atoms with Gasteiger partial charge in [0.1, 0.15) is 17.5 Å². The van der Waals surface area contributed by atoms with Gasteiger partial charge in [0, 0.05) is 17.7 Å². The minimum absolute atomic E-state index is 0.334. The summed E-state index contributed by atoms with van der Waals surface area (Å²) >= 11 is 0. The second-order valence-corrected chi connectivity index (χ2v) is 11.0. The molecule has 32 heavy (non-hydrogen) atoms. The van der Waals surface area contributed by atoms with Crippen LogP contribution in [-0.2, 0) is 15.2 Å². The van der Waals surface area contributed by atoms with Crippen molar-refractivity contribution < 1.29 is 13.0 Å². The summed E-state index contributed by atoms with van der Waals surface area (Å²) in [5.41, 5.74) is 2.29. The number of anilines is 1. The standard InChI is InChI=1S/C22H22F2N6OS/c1-11-14(15-7-13(23)8-18-16(15)10-25-30(18)32(5,6)31)9-17(24)19-20(11)29-12(2)27-28-21(29)22(3,4)26-19/h7-10,26H,5H2,1-4,6H3. The molecule has 0 fully saturated rings. The van der Waals surface area contributed by atoms with Crippen molar-refractivity contribution in [3.05, 3.63) is 53.2 Å². The number of benzene rings is 2. The first-order valence-corrected chi connectivity index (χ1v) is 12.0. The van der Waals surface area contributed by atoms with Crippen molar-refractivity contribution in [2.24, 2.45) is 0 Å². The van der Waals surface area contributed by atoms with Gasteiger partial charge >= 0.3 is 0 Å². The first-order valence-electron chi connectivity index (χ1n) is 9.94. The average Bonchev–Trinajstić information content (AvgIpc) is 3.28. The predicted octanol–water partition coefficient (Wildman–Crippen LogP) is 3.95. The van der Waals surface area contributed by atoms with Gasteiger partial charge in [0.15, 0.2) is 5.82 Å². The molecule has 4 aromatic rings. The van der Waals surface area contributed by atoms with E-state index in [4.69, 9.17) is 0 Å². The zero-order valence-electron chi connectivity index (χ0n) is 18.3. The monoisotopic (exact) mass is 456 g/mol. The van der Waals surface area contributed by atoms with Crippen LogP contribution in [0.25, 0.3) is 27.7 Å². The van der Waals surface area contributed by atoms with Crippen LogP contribution in [0, 0.1) is 25.5 Å². The number of aromatic nitrogens is 5. The lowest BCUT2D eigenvalue weighted by Crippen LogP contribution is -2.37. The van der Waals surface area contributed by atoms with Crippen LogP contribution in [0.5, 0.6) is 0 Å². The third-order valence-electron chi connectivity index (χ3n) is 5.83. The lowest BCUT2D eigenvalue weighted by atomic mass is 9.92. The molecule has 0 amide bonds. The smallest absolute Gasteiger partial charge is 0.162 e. The van der Waals surface area contributed by atoms with Gasteiger partial charge in [-0.1, -0.05) is 0 Å². The molecule has 0 saturated heterocycles. The van der Waals surface area contributed by atoms with Gasteiger partial charge in [-0.15, -0.1) is 10.2 Å². The fraction of sp³-hybridized carbons (Fsp3) is 0.273. The van der Waals surface area contributed by atoms with E-state index in [-0.39, 0.29) is 0 Å². The van der Waals surface area contributed by atoms with E-state index in [9.17, 15) is 8.60 Å². The Morgan fingerprint density at radius 1 is 1.12 bits per heavy atom. The van der Waals surface area contributed by atoms with Crippen LogP contribution in [0.15, 0.2) is 24.4 Å². The third-order valence-corrected chi connectivity index (χ3v) is 6.85. The van der Waals surface area contributed by atoms with Crippen LogP contribution in [0.1, 0.15) is 31.1 Å². The van der Waals surface area contributed by atoms with Gasteiger partial charge in [0.05, 0.1) is 38.3 Å². The maximum Gasteiger partial charge on any atom is 0.162 e.